The lowest BCUT2D eigenvalue weighted by molar-refractivity contribution is 0.162. The van der Waals surface area contributed by atoms with E-state index in [0.29, 0.717) is 16.6 Å². The van der Waals surface area contributed by atoms with Crippen molar-refractivity contribution < 1.29 is 5.21 Å². The number of rotatable bonds is 0. The minimum Gasteiger partial charge on any atom is -0.411 e. The van der Waals surface area contributed by atoms with Crippen molar-refractivity contribution in [2.75, 3.05) is 11.5 Å². The lowest BCUT2D eigenvalue weighted by Crippen LogP contribution is -1.92. The first-order chi connectivity index (χ1) is 5.70. The van der Waals surface area contributed by atoms with Crippen LogP contribution in [0.15, 0.2) is 18.2 Å². The first kappa shape index (κ1) is 6.78. The number of aromatic nitrogens is 2. The molecule has 0 amide bonds. The molecule has 1 heterocycles. The number of anilines is 2. The Morgan fingerprint density at radius 1 is 1.33 bits per heavy atom. The quantitative estimate of drug-likeness (QED) is 0.389. The Hall–Kier alpha value is -1.91. The number of hydrogen-bond acceptors (Lipinski definition) is 4. The van der Waals surface area contributed by atoms with E-state index in [0.717, 1.165) is 4.85 Å². The fraction of sp³-hybridized carbons (Fsp3) is 0. The van der Waals surface area contributed by atoms with E-state index < -0.39 is 0 Å². The monoisotopic (exact) mass is 164 g/mol. The van der Waals surface area contributed by atoms with Crippen LogP contribution in [-0.4, -0.2) is 15.2 Å². The molecule has 0 radical (unpaired) electrons. The maximum absolute atomic E-state index is 9.19. The third-order valence-corrected chi connectivity index (χ3v) is 1.75. The highest BCUT2D eigenvalue weighted by Gasteiger charge is 2.08. The lowest BCUT2D eigenvalue weighted by atomic mass is 10.2. The molecule has 2 aromatic rings. The maximum Gasteiger partial charge on any atom is 0.159 e. The highest BCUT2D eigenvalue weighted by Crippen LogP contribution is 2.24. The Morgan fingerprint density at radius 2 is 2.08 bits per heavy atom. The van der Waals surface area contributed by atoms with Gasteiger partial charge in [0, 0.05) is 5.69 Å². The van der Waals surface area contributed by atoms with E-state index in [4.69, 9.17) is 11.5 Å². The van der Waals surface area contributed by atoms with Crippen LogP contribution in [0.5, 0.6) is 0 Å². The highest BCUT2D eigenvalue weighted by molar-refractivity contribution is 5.98. The van der Waals surface area contributed by atoms with Crippen LogP contribution in [0.4, 0.5) is 11.5 Å². The SMILES string of the molecule is Nc1cccc2c1c(N)nn2O. The average Bonchev–Trinajstić information content (AvgIpc) is 2.29. The summed E-state index contributed by atoms with van der Waals surface area (Å²) in [6.07, 6.45) is 0. The zero-order valence-electron chi connectivity index (χ0n) is 6.23. The van der Waals surface area contributed by atoms with E-state index in [-0.39, 0.29) is 5.82 Å². The fourth-order valence-corrected chi connectivity index (χ4v) is 1.21. The van der Waals surface area contributed by atoms with Crippen LogP contribution in [0.1, 0.15) is 0 Å². The van der Waals surface area contributed by atoms with Crippen molar-refractivity contribution in [3.05, 3.63) is 18.2 Å². The molecule has 5 heteroatoms. The van der Waals surface area contributed by atoms with E-state index in [1.165, 1.54) is 0 Å². The van der Waals surface area contributed by atoms with Crippen molar-refractivity contribution in [3.63, 3.8) is 0 Å². The summed E-state index contributed by atoms with van der Waals surface area (Å²) in [5.41, 5.74) is 12.2. The topological polar surface area (TPSA) is 90.1 Å². The summed E-state index contributed by atoms with van der Waals surface area (Å²) in [6.45, 7) is 0. The summed E-state index contributed by atoms with van der Waals surface area (Å²) in [4.78, 5) is 0.723. The molecule has 0 bridgehead atoms. The van der Waals surface area contributed by atoms with Gasteiger partial charge in [-0.2, -0.15) is 0 Å². The van der Waals surface area contributed by atoms with Gasteiger partial charge in [-0.3, -0.25) is 0 Å². The smallest absolute Gasteiger partial charge is 0.159 e. The van der Waals surface area contributed by atoms with Crippen molar-refractivity contribution in [1.82, 2.24) is 9.94 Å². The van der Waals surface area contributed by atoms with Gasteiger partial charge in [-0.15, -0.1) is 5.10 Å². The summed E-state index contributed by atoms with van der Waals surface area (Å²) >= 11 is 0. The van der Waals surface area contributed by atoms with Crippen LogP contribution in [0, 0.1) is 0 Å². The van der Waals surface area contributed by atoms with Crippen molar-refractivity contribution in [2.45, 2.75) is 0 Å². The summed E-state index contributed by atoms with van der Waals surface area (Å²) in [5, 5.41) is 13.4. The van der Waals surface area contributed by atoms with Crippen molar-refractivity contribution in [1.29, 1.82) is 0 Å². The Bertz CT molecular complexity index is 434. The molecule has 0 saturated carbocycles. The molecule has 1 aromatic carbocycles. The molecular formula is C7H8N4O. The minimum absolute atomic E-state index is 0.241. The van der Waals surface area contributed by atoms with Gasteiger partial charge in [0.15, 0.2) is 5.82 Å². The normalized spacial score (nSPS) is 10.7. The average molecular weight is 164 g/mol. The second kappa shape index (κ2) is 2.04. The van der Waals surface area contributed by atoms with Crippen molar-refractivity contribution >= 4 is 22.4 Å². The van der Waals surface area contributed by atoms with E-state index in [2.05, 4.69) is 5.10 Å². The van der Waals surface area contributed by atoms with Gasteiger partial charge in [-0.25, -0.2) is 0 Å². The van der Waals surface area contributed by atoms with Crippen LogP contribution in [0.25, 0.3) is 10.9 Å². The van der Waals surface area contributed by atoms with Crippen LogP contribution < -0.4 is 11.5 Å². The molecule has 0 aliphatic carbocycles. The lowest BCUT2D eigenvalue weighted by Gasteiger charge is -1.94. The molecule has 62 valence electrons. The van der Waals surface area contributed by atoms with Crippen molar-refractivity contribution in [3.8, 4) is 0 Å². The molecule has 0 saturated heterocycles. The summed E-state index contributed by atoms with van der Waals surface area (Å²) in [6, 6.07) is 5.13. The zero-order chi connectivity index (χ0) is 8.72. The van der Waals surface area contributed by atoms with Crippen LogP contribution in [0.2, 0.25) is 0 Å². The molecule has 0 aliphatic heterocycles. The number of fused-ring (bicyclic) bond motifs is 1. The standard InChI is InChI=1S/C7H8N4O/c8-4-2-1-3-5-6(4)7(9)10-11(5)12/h1-3,12H,8H2,(H2,9,10). The number of hydrogen-bond donors (Lipinski definition) is 3. The predicted molar refractivity (Wildman–Crippen MR) is 45.7 cm³/mol. The number of nitrogen functional groups attached to an aromatic ring is 2. The molecule has 0 atom stereocenters. The van der Waals surface area contributed by atoms with Gasteiger partial charge in [0.25, 0.3) is 0 Å². The fourth-order valence-electron chi connectivity index (χ4n) is 1.21. The number of nitrogens with zero attached hydrogens (tertiary/aromatic N) is 2. The van der Waals surface area contributed by atoms with Gasteiger partial charge < -0.3 is 16.7 Å². The Labute approximate surface area is 68.1 Å². The first-order valence-electron chi connectivity index (χ1n) is 3.42. The van der Waals surface area contributed by atoms with Gasteiger partial charge in [-0.1, -0.05) is 10.9 Å². The van der Waals surface area contributed by atoms with Crippen LogP contribution >= 0.6 is 0 Å². The first-order valence-corrected chi connectivity index (χ1v) is 3.42. The molecule has 5 N–H and O–H groups in total. The summed E-state index contributed by atoms with van der Waals surface area (Å²) < 4.78 is 0. The third-order valence-electron chi connectivity index (χ3n) is 1.75. The Kier molecular flexibility index (Phi) is 1.15. The van der Waals surface area contributed by atoms with Gasteiger partial charge >= 0.3 is 0 Å². The molecule has 12 heavy (non-hydrogen) atoms. The van der Waals surface area contributed by atoms with Crippen LogP contribution in [-0.2, 0) is 0 Å². The predicted octanol–water partition coefficient (Wildman–Crippen LogP) is 0.438. The second-order valence-electron chi connectivity index (χ2n) is 2.52. The molecular weight excluding hydrogens is 156 g/mol. The second-order valence-corrected chi connectivity index (χ2v) is 2.52. The van der Waals surface area contributed by atoms with Crippen LogP contribution in [0.3, 0.4) is 0 Å². The van der Waals surface area contributed by atoms with Gasteiger partial charge in [0.1, 0.15) is 5.52 Å². The molecule has 0 aliphatic rings. The van der Waals surface area contributed by atoms with E-state index in [1.54, 1.807) is 18.2 Å². The number of benzene rings is 1. The number of nitrogens with two attached hydrogens (primary N) is 2. The van der Waals surface area contributed by atoms with E-state index in [1.807, 2.05) is 0 Å². The van der Waals surface area contributed by atoms with Gasteiger partial charge in [0.2, 0.25) is 0 Å². The van der Waals surface area contributed by atoms with E-state index >= 15 is 0 Å². The molecule has 0 fully saturated rings. The molecule has 0 unspecified atom stereocenters. The molecule has 0 spiro atoms. The summed E-state index contributed by atoms with van der Waals surface area (Å²) in [5.74, 6) is 0.241. The van der Waals surface area contributed by atoms with Gasteiger partial charge in [-0.05, 0) is 12.1 Å². The summed E-state index contributed by atoms with van der Waals surface area (Å²) in [7, 11) is 0. The van der Waals surface area contributed by atoms with E-state index in [9.17, 15) is 5.21 Å². The van der Waals surface area contributed by atoms with Crippen molar-refractivity contribution in [2.24, 2.45) is 0 Å². The molecule has 2 rings (SSSR count). The highest BCUT2D eigenvalue weighted by atomic mass is 16.5. The Morgan fingerprint density at radius 3 is 2.75 bits per heavy atom. The zero-order valence-corrected chi connectivity index (χ0v) is 6.23. The molecule has 1 aromatic heterocycles. The largest absolute Gasteiger partial charge is 0.411 e. The van der Waals surface area contributed by atoms with Gasteiger partial charge in [0.05, 0.1) is 5.39 Å². The maximum atomic E-state index is 9.19. The Balaban J connectivity index is 2.99. The minimum atomic E-state index is 0.241. The molecule has 5 nitrogen and oxygen atoms in total. The third kappa shape index (κ3) is 0.701.